The van der Waals surface area contributed by atoms with Crippen molar-refractivity contribution in [2.45, 2.75) is 0 Å². The molecule has 0 aromatic carbocycles. The minimum absolute atomic E-state index is 0.315. The molecular weight excluding hydrogens is 248 g/mol. The highest BCUT2D eigenvalue weighted by Crippen LogP contribution is 2.28. The Balaban J connectivity index is 3.47. The number of hydrogen-bond donors (Lipinski definition) is 2. The first-order valence-electron chi connectivity index (χ1n) is 4.62. The first kappa shape index (κ1) is 15.1. The van der Waals surface area contributed by atoms with Gasteiger partial charge >= 0.3 is 11.9 Å². The van der Waals surface area contributed by atoms with Gasteiger partial charge in [0.15, 0.2) is 0 Å². The van der Waals surface area contributed by atoms with E-state index in [1.54, 1.807) is 0 Å². The highest BCUT2D eigenvalue weighted by Gasteiger charge is 2.02. The van der Waals surface area contributed by atoms with Crippen molar-refractivity contribution in [2.75, 3.05) is 24.7 Å². The zero-order chi connectivity index (χ0) is 12.4. The number of thiol groups is 2. The molecule has 92 valence electrons. The summed E-state index contributed by atoms with van der Waals surface area (Å²) in [7, 11) is -0.580. The summed E-state index contributed by atoms with van der Waals surface area (Å²) in [6.45, 7) is 7.19. The molecule has 0 fully saturated rings. The van der Waals surface area contributed by atoms with Crippen molar-refractivity contribution in [3.63, 3.8) is 0 Å². The van der Waals surface area contributed by atoms with Gasteiger partial charge in [0.05, 0.1) is 13.2 Å². The van der Waals surface area contributed by atoms with Crippen LogP contribution in [0.2, 0.25) is 0 Å². The zero-order valence-corrected chi connectivity index (χ0v) is 10.7. The van der Waals surface area contributed by atoms with Crippen LogP contribution in [-0.2, 0) is 19.1 Å². The third-order valence-corrected chi connectivity index (χ3v) is 4.12. The summed E-state index contributed by atoms with van der Waals surface area (Å²) < 4.78 is 9.59. The van der Waals surface area contributed by atoms with Crippen LogP contribution in [0.3, 0.4) is 0 Å². The molecule has 0 aliphatic heterocycles. The molecule has 0 rings (SSSR count). The van der Waals surface area contributed by atoms with E-state index >= 15 is 0 Å². The number of hydrogen-bond acceptors (Lipinski definition) is 5. The SMILES string of the molecule is C=CC(=O)OCC[SH](S)CCOC(=O)C=C. The highest BCUT2D eigenvalue weighted by atomic mass is 33.1. The van der Waals surface area contributed by atoms with Crippen LogP contribution in [0, 0.1) is 0 Å². The van der Waals surface area contributed by atoms with E-state index < -0.39 is 21.9 Å². The molecule has 0 N–H and O–H groups in total. The summed E-state index contributed by atoms with van der Waals surface area (Å²) in [5.41, 5.74) is 0. The van der Waals surface area contributed by atoms with Crippen molar-refractivity contribution in [2.24, 2.45) is 0 Å². The van der Waals surface area contributed by atoms with E-state index in [1.807, 2.05) is 0 Å². The molecule has 0 saturated heterocycles. The van der Waals surface area contributed by atoms with E-state index in [-0.39, 0.29) is 0 Å². The molecular formula is C10H16O4S2. The van der Waals surface area contributed by atoms with E-state index in [2.05, 4.69) is 24.8 Å². The van der Waals surface area contributed by atoms with E-state index in [1.165, 1.54) is 0 Å². The first-order valence-corrected chi connectivity index (χ1v) is 7.49. The molecule has 0 aliphatic rings. The van der Waals surface area contributed by atoms with Gasteiger partial charge < -0.3 is 9.47 Å². The summed E-state index contributed by atoms with van der Waals surface area (Å²) in [5, 5.41) is 0. The second-order valence-electron chi connectivity index (χ2n) is 2.70. The maximum Gasteiger partial charge on any atom is 0.330 e. The minimum Gasteiger partial charge on any atom is -0.462 e. The normalized spacial score (nSPS) is 10.2. The van der Waals surface area contributed by atoms with Crippen LogP contribution in [0.25, 0.3) is 0 Å². The summed E-state index contributed by atoms with van der Waals surface area (Å²) in [6.07, 6.45) is 2.24. The van der Waals surface area contributed by atoms with Gasteiger partial charge in [-0.25, -0.2) is 19.5 Å². The number of rotatable bonds is 8. The summed E-state index contributed by atoms with van der Waals surface area (Å²) >= 11 is 4.32. The molecule has 0 heterocycles. The maximum atomic E-state index is 10.7. The van der Waals surface area contributed by atoms with Crippen molar-refractivity contribution in [1.82, 2.24) is 0 Å². The molecule has 0 unspecified atom stereocenters. The third-order valence-electron chi connectivity index (χ3n) is 1.52. The maximum absolute atomic E-state index is 10.7. The molecule has 0 spiro atoms. The van der Waals surface area contributed by atoms with Gasteiger partial charge in [-0.15, -0.1) is 11.7 Å². The van der Waals surface area contributed by atoms with Crippen molar-refractivity contribution < 1.29 is 19.1 Å². The molecule has 4 nitrogen and oxygen atoms in total. The van der Waals surface area contributed by atoms with E-state index in [9.17, 15) is 9.59 Å². The lowest BCUT2D eigenvalue weighted by Crippen LogP contribution is -2.09. The number of carbonyl (C=O) groups excluding carboxylic acids is 2. The van der Waals surface area contributed by atoms with Gasteiger partial charge in [-0.2, -0.15) is 0 Å². The molecule has 0 bridgehead atoms. The quantitative estimate of drug-likeness (QED) is 0.300. The fourth-order valence-corrected chi connectivity index (χ4v) is 2.05. The van der Waals surface area contributed by atoms with Crippen molar-refractivity contribution in [3.8, 4) is 0 Å². The van der Waals surface area contributed by atoms with Crippen LogP contribution in [0.4, 0.5) is 0 Å². The molecule has 0 aromatic rings. The van der Waals surface area contributed by atoms with Gasteiger partial charge in [-0.3, -0.25) is 0 Å². The molecule has 0 radical (unpaired) electrons. The van der Waals surface area contributed by atoms with Gasteiger partial charge in [-0.1, -0.05) is 13.2 Å². The lowest BCUT2D eigenvalue weighted by Gasteiger charge is -2.14. The third kappa shape index (κ3) is 8.43. The van der Waals surface area contributed by atoms with Gasteiger partial charge in [0.25, 0.3) is 0 Å². The van der Waals surface area contributed by atoms with Crippen LogP contribution in [0.15, 0.2) is 25.3 Å². The van der Waals surface area contributed by atoms with Crippen LogP contribution < -0.4 is 0 Å². The monoisotopic (exact) mass is 264 g/mol. The van der Waals surface area contributed by atoms with Crippen molar-refractivity contribution in [3.05, 3.63) is 25.3 Å². The predicted molar refractivity (Wildman–Crippen MR) is 70.0 cm³/mol. The number of carbonyl (C=O) groups is 2. The predicted octanol–water partition coefficient (Wildman–Crippen LogP) is 1.29. The molecule has 0 atom stereocenters. The molecule has 6 heteroatoms. The van der Waals surface area contributed by atoms with E-state index in [4.69, 9.17) is 9.47 Å². The van der Waals surface area contributed by atoms with Crippen LogP contribution in [0.5, 0.6) is 0 Å². The molecule has 16 heavy (non-hydrogen) atoms. The number of ether oxygens (including phenoxy) is 2. The van der Waals surface area contributed by atoms with Gasteiger partial charge in [0.2, 0.25) is 0 Å². The Morgan fingerprint density at radius 3 is 1.75 bits per heavy atom. The highest BCUT2D eigenvalue weighted by molar-refractivity contribution is 8.78. The number of esters is 2. The van der Waals surface area contributed by atoms with Gasteiger partial charge in [0.1, 0.15) is 0 Å². The standard InChI is InChI=1S/C10H16O4S2/c1-3-9(11)13-5-7-16(15)8-6-14-10(12)4-2/h3-4,15-16H,1-2,5-8H2. The topological polar surface area (TPSA) is 52.6 Å². The zero-order valence-electron chi connectivity index (χ0n) is 8.92. The van der Waals surface area contributed by atoms with Crippen LogP contribution >= 0.6 is 21.6 Å². The Morgan fingerprint density at radius 1 is 1.06 bits per heavy atom. The van der Waals surface area contributed by atoms with Crippen molar-refractivity contribution in [1.29, 1.82) is 0 Å². The first-order chi connectivity index (χ1) is 7.60. The molecule has 0 aliphatic carbocycles. The lowest BCUT2D eigenvalue weighted by atomic mass is 10.6. The smallest absolute Gasteiger partial charge is 0.330 e. The van der Waals surface area contributed by atoms with Gasteiger partial charge in [0, 0.05) is 23.7 Å². The minimum atomic E-state index is -0.580. The lowest BCUT2D eigenvalue weighted by molar-refractivity contribution is -0.137. The molecule has 0 amide bonds. The Morgan fingerprint density at radius 2 is 1.44 bits per heavy atom. The average molecular weight is 264 g/mol. The van der Waals surface area contributed by atoms with E-state index in [0.717, 1.165) is 12.2 Å². The van der Waals surface area contributed by atoms with Crippen LogP contribution in [0.1, 0.15) is 0 Å². The molecule has 0 aromatic heterocycles. The Labute approximate surface area is 103 Å². The van der Waals surface area contributed by atoms with E-state index in [0.29, 0.717) is 24.7 Å². The van der Waals surface area contributed by atoms with Gasteiger partial charge in [-0.05, 0) is 0 Å². The second kappa shape index (κ2) is 9.35. The summed E-state index contributed by atoms with van der Waals surface area (Å²) in [5.74, 6) is 0.470. The fourth-order valence-electron chi connectivity index (χ4n) is 0.733. The van der Waals surface area contributed by atoms with Crippen LogP contribution in [-0.4, -0.2) is 36.7 Å². The largest absolute Gasteiger partial charge is 0.462 e. The van der Waals surface area contributed by atoms with Crippen molar-refractivity contribution >= 4 is 33.5 Å². The second-order valence-corrected chi connectivity index (χ2v) is 6.30. The Kier molecular flexibility index (Phi) is 8.84. The summed E-state index contributed by atoms with van der Waals surface area (Å²) in [6, 6.07) is 0. The summed E-state index contributed by atoms with van der Waals surface area (Å²) in [4.78, 5) is 21.4. The Bertz CT molecular complexity index is 240. The Hall–Kier alpha value is -0.880. The molecule has 0 saturated carbocycles. The fraction of sp³-hybridized carbons (Fsp3) is 0.400. The average Bonchev–Trinajstić information content (AvgIpc) is 2.28.